The molecule has 1 amide bonds. The van der Waals surface area contributed by atoms with Crippen molar-refractivity contribution in [3.05, 3.63) is 130 Å². The fraction of sp³-hybridized carbons (Fsp3) is 0.129. The number of hydrogen-bond acceptors (Lipinski definition) is 6. The van der Waals surface area contributed by atoms with Crippen LogP contribution < -0.4 is 14.9 Å². The Labute approximate surface area is 221 Å². The minimum absolute atomic E-state index is 0.303. The maximum absolute atomic E-state index is 12.5. The van der Waals surface area contributed by atoms with E-state index in [0.29, 0.717) is 41.4 Å². The van der Waals surface area contributed by atoms with E-state index >= 15 is 0 Å². The SMILES string of the molecule is COC(=O)c1ccc(COc2ccccc2/C=N/NC(=O)c2ccc(OCc3ccc(C)cc3)cc2)cc1. The third kappa shape index (κ3) is 7.30. The summed E-state index contributed by atoms with van der Waals surface area (Å²) in [7, 11) is 1.35. The zero-order valence-corrected chi connectivity index (χ0v) is 21.2. The van der Waals surface area contributed by atoms with Crippen LogP contribution in [0.3, 0.4) is 0 Å². The summed E-state index contributed by atoms with van der Waals surface area (Å²) in [4.78, 5) is 24.1. The van der Waals surface area contributed by atoms with Crippen LogP contribution in [-0.2, 0) is 18.0 Å². The van der Waals surface area contributed by atoms with Crippen molar-refractivity contribution in [2.24, 2.45) is 5.10 Å². The van der Waals surface area contributed by atoms with Crippen molar-refractivity contribution in [3.63, 3.8) is 0 Å². The van der Waals surface area contributed by atoms with Crippen LogP contribution in [0.4, 0.5) is 0 Å². The summed E-state index contributed by atoms with van der Waals surface area (Å²) in [5, 5.41) is 4.09. The van der Waals surface area contributed by atoms with Crippen LogP contribution in [0.2, 0.25) is 0 Å². The molecule has 0 aliphatic heterocycles. The van der Waals surface area contributed by atoms with Crippen LogP contribution in [0, 0.1) is 6.92 Å². The summed E-state index contributed by atoms with van der Waals surface area (Å²) in [6, 6.07) is 29.4. The maximum atomic E-state index is 12.5. The van der Waals surface area contributed by atoms with Crippen molar-refractivity contribution >= 4 is 18.1 Å². The number of esters is 1. The smallest absolute Gasteiger partial charge is 0.337 e. The average molecular weight is 509 g/mol. The Hall–Kier alpha value is -4.91. The fourth-order valence-corrected chi connectivity index (χ4v) is 3.51. The van der Waals surface area contributed by atoms with Gasteiger partial charge in [-0.2, -0.15) is 5.10 Å². The Bertz CT molecular complexity index is 1400. The van der Waals surface area contributed by atoms with Crippen LogP contribution in [0.15, 0.2) is 102 Å². The lowest BCUT2D eigenvalue weighted by Crippen LogP contribution is -2.17. The van der Waals surface area contributed by atoms with E-state index in [0.717, 1.165) is 11.1 Å². The maximum Gasteiger partial charge on any atom is 0.337 e. The molecule has 4 aromatic carbocycles. The molecule has 0 unspecified atom stereocenters. The van der Waals surface area contributed by atoms with Gasteiger partial charge in [0, 0.05) is 11.1 Å². The molecule has 1 N–H and O–H groups in total. The Morgan fingerprint density at radius 3 is 2.05 bits per heavy atom. The molecule has 0 saturated heterocycles. The molecule has 0 aliphatic rings. The van der Waals surface area contributed by atoms with E-state index in [9.17, 15) is 9.59 Å². The van der Waals surface area contributed by atoms with Gasteiger partial charge in [0.1, 0.15) is 24.7 Å². The minimum atomic E-state index is -0.386. The Balaban J connectivity index is 1.29. The standard InChI is InChI=1S/C31H28N2O5/c1-22-7-9-23(10-8-22)20-37-28-17-15-25(16-18-28)30(34)33-32-19-27-5-3-4-6-29(27)38-21-24-11-13-26(14-12-24)31(35)36-2/h3-19H,20-21H2,1-2H3,(H,33,34)/b32-19+. The predicted molar refractivity (Wildman–Crippen MR) is 146 cm³/mol. The molecule has 38 heavy (non-hydrogen) atoms. The summed E-state index contributed by atoms with van der Waals surface area (Å²) in [6.07, 6.45) is 1.53. The third-order valence-corrected chi connectivity index (χ3v) is 5.70. The molecule has 7 heteroatoms. The molecule has 0 saturated carbocycles. The molecular formula is C31H28N2O5. The second-order valence-electron chi connectivity index (χ2n) is 8.51. The molecule has 0 fully saturated rings. The molecule has 0 bridgehead atoms. The van der Waals surface area contributed by atoms with Crippen molar-refractivity contribution in [2.75, 3.05) is 7.11 Å². The number of methoxy groups -OCH3 is 1. The molecule has 0 spiro atoms. The van der Waals surface area contributed by atoms with Crippen molar-refractivity contribution in [1.82, 2.24) is 5.43 Å². The lowest BCUT2D eigenvalue weighted by molar-refractivity contribution is 0.0600. The Morgan fingerprint density at radius 1 is 0.763 bits per heavy atom. The summed E-state index contributed by atoms with van der Waals surface area (Å²) in [5.41, 5.74) is 7.36. The molecule has 0 heterocycles. The van der Waals surface area contributed by atoms with Crippen molar-refractivity contribution in [3.8, 4) is 11.5 Å². The van der Waals surface area contributed by atoms with Gasteiger partial charge in [0.15, 0.2) is 0 Å². The first-order valence-electron chi connectivity index (χ1n) is 12.0. The Morgan fingerprint density at radius 2 is 1.37 bits per heavy atom. The number of carbonyl (C=O) groups excluding carboxylic acids is 2. The van der Waals surface area contributed by atoms with Crippen LogP contribution in [0.25, 0.3) is 0 Å². The van der Waals surface area contributed by atoms with Crippen molar-refractivity contribution in [2.45, 2.75) is 20.1 Å². The molecule has 0 radical (unpaired) electrons. The summed E-state index contributed by atoms with van der Waals surface area (Å²) in [5.74, 6) is 0.563. The van der Waals surface area contributed by atoms with E-state index in [1.54, 1.807) is 36.4 Å². The molecule has 0 aliphatic carbocycles. The number of hydrazone groups is 1. The van der Waals surface area contributed by atoms with Crippen LogP contribution in [-0.4, -0.2) is 25.2 Å². The Kier molecular flexibility index (Phi) is 8.86. The van der Waals surface area contributed by atoms with E-state index in [-0.39, 0.29) is 11.9 Å². The van der Waals surface area contributed by atoms with Gasteiger partial charge in [-0.3, -0.25) is 4.79 Å². The first-order chi connectivity index (χ1) is 18.5. The van der Waals surface area contributed by atoms with Gasteiger partial charge in [-0.25, -0.2) is 10.2 Å². The summed E-state index contributed by atoms with van der Waals surface area (Å²) in [6.45, 7) is 2.80. The van der Waals surface area contributed by atoms with Gasteiger partial charge < -0.3 is 14.2 Å². The summed E-state index contributed by atoms with van der Waals surface area (Å²) < 4.78 is 16.4. The van der Waals surface area contributed by atoms with Crippen LogP contribution in [0.5, 0.6) is 11.5 Å². The van der Waals surface area contributed by atoms with E-state index in [4.69, 9.17) is 14.2 Å². The number of carbonyl (C=O) groups is 2. The van der Waals surface area contributed by atoms with Gasteiger partial charge >= 0.3 is 5.97 Å². The monoisotopic (exact) mass is 508 g/mol. The first kappa shape index (κ1) is 26.2. The molecule has 0 atom stereocenters. The largest absolute Gasteiger partial charge is 0.489 e. The lowest BCUT2D eigenvalue weighted by atomic mass is 10.1. The van der Waals surface area contributed by atoms with Crippen molar-refractivity contribution < 1.29 is 23.8 Å². The van der Waals surface area contributed by atoms with Gasteiger partial charge in [-0.05, 0) is 66.6 Å². The number of ether oxygens (including phenoxy) is 3. The number of rotatable bonds is 10. The topological polar surface area (TPSA) is 86.2 Å². The highest BCUT2D eigenvalue weighted by Crippen LogP contribution is 2.18. The fourth-order valence-electron chi connectivity index (χ4n) is 3.51. The first-order valence-corrected chi connectivity index (χ1v) is 12.0. The minimum Gasteiger partial charge on any atom is -0.489 e. The van der Waals surface area contributed by atoms with E-state index < -0.39 is 0 Å². The number of hydrogen-bond donors (Lipinski definition) is 1. The number of aryl methyl sites for hydroxylation is 1. The van der Waals surface area contributed by atoms with Gasteiger partial charge in [0.25, 0.3) is 5.91 Å². The number of benzene rings is 4. The van der Waals surface area contributed by atoms with Gasteiger partial charge in [0.2, 0.25) is 0 Å². The zero-order valence-electron chi connectivity index (χ0n) is 21.2. The molecule has 0 aromatic heterocycles. The second kappa shape index (κ2) is 12.9. The number of amides is 1. The molecule has 7 nitrogen and oxygen atoms in total. The molecule has 4 aromatic rings. The van der Waals surface area contributed by atoms with Crippen LogP contribution in [0.1, 0.15) is 43.0 Å². The lowest BCUT2D eigenvalue weighted by Gasteiger charge is -2.09. The predicted octanol–water partition coefficient (Wildman–Crippen LogP) is 5.70. The second-order valence-corrected chi connectivity index (χ2v) is 8.51. The van der Waals surface area contributed by atoms with E-state index in [1.165, 1.54) is 18.9 Å². The van der Waals surface area contributed by atoms with Gasteiger partial charge in [-0.1, -0.05) is 54.1 Å². The molecular weight excluding hydrogens is 480 g/mol. The third-order valence-electron chi connectivity index (χ3n) is 5.70. The highest BCUT2D eigenvalue weighted by Gasteiger charge is 2.07. The van der Waals surface area contributed by atoms with Gasteiger partial charge in [0.05, 0.1) is 18.9 Å². The zero-order chi connectivity index (χ0) is 26.7. The van der Waals surface area contributed by atoms with Gasteiger partial charge in [-0.15, -0.1) is 0 Å². The highest BCUT2D eigenvalue weighted by molar-refractivity contribution is 5.95. The van der Waals surface area contributed by atoms with Crippen molar-refractivity contribution in [1.29, 1.82) is 0 Å². The molecule has 4 rings (SSSR count). The van der Waals surface area contributed by atoms with Crippen LogP contribution >= 0.6 is 0 Å². The average Bonchev–Trinajstić information content (AvgIpc) is 2.96. The van der Waals surface area contributed by atoms with E-state index in [2.05, 4.69) is 10.5 Å². The van der Waals surface area contributed by atoms with E-state index in [1.807, 2.05) is 67.6 Å². The highest BCUT2D eigenvalue weighted by atomic mass is 16.5. The molecule has 192 valence electrons. The number of nitrogens with one attached hydrogen (secondary N) is 1. The quantitative estimate of drug-likeness (QED) is 0.169. The normalized spacial score (nSPS) is 10.7. The number of para-hydroxylation sites is 1. The number of nitrogens with zero attached hydrogens (tertiary/aromatic N) is 1. The summed E-state index contributed by atoms with van der Waals surface area (Å²) >= 11 is 0.